The Morgan fingerprint density at radius 3 is 2.65 bits per heavy atom. The normalized spacial score (nSPS) is 25.5. The van der Waals surface area contributed by atoms with E-state index in [4.69, 9.17) is 4.18 Å². The van der Waals surface area contributed by atoms with Crippen LogP contribution in [0, 0.1) is 23.2 Å². The number of aliphatic hydroxyl groups is 1. The Labute approximate surface area is 204 Å². The zero-order valence-electron chi connectivity index (χ0n) is 19.2. The van der Waals surface area contributed by atoms with Gasteiger partial charge in [-0.15, -0.1) is 11.3 Å². The van der Waals surface area contributed by atoms with Gasteiger partial charge in [0, 0.05) is 28.1 Å². The van der Waals surface area contributed by atoms with Gasteiger partial charge in [0.05, 0.1) is 5.56 Å². The maximum absolute atomic E-state index is 13.4. The summed E-state index contributed by atoms with van der Waals surface area (Å²) >= 11 is 1.44. The van der Waals surface area contributed by atoms with E-state index in [1.165, 1.54) is 23.5 Å². The number of nitrogens with one attached hydrogen (secondary N) is 1. The lowest BCUT2D eigenvalue weighted by Gasteiger charge is -2.62. The molecule has 0 radical (unpaired) electrons. The van der Waals surface area contributed by atoms with E-state index in [1.807, 2.05) is 5.38 Å². The average Bonchev–Trinajstić information content (AvgIpc) is 3.23. The Hall–Kier alpha value is -2.42. The molecule has 3 aromatic rings. The van der Waals surface area contributed by atoms with E-state index in [2.05, 4.69) is 19.2 Å². The Bertz CT molecular complexity index is 1320. The number of aliphatic hydroxyl groups excluding tert-OH is 1. The molecule has 6 nitrogen and oxygen atoms in total. The largest absolute Gasteiger partial charge is 0.396 e. The number of hydrogen-bond donors (Lipinski definition) is 2. The summed E-state index contributed by atoms with van der Waals surface area (Å²) in [7, 11) is -3.97. The molecule has 2 aromatic carbocycles. The van der Waals surface area contributed by atoms with Crippen molar-refractivity contribution in [1.82, 2.24) is 5.32 Å². The lowest BCUT2D eigenvalue weighted by atomic mass is 9.44. The van der Waals surface area contributed by atoms with Crippen molar-refractivity contribution in [1.29, 1.82) is 0 Å². The molecule has 2 bridgehead atoms. The van der Waals surface area contributed by atoms with Crippen LogP contribution in [0.4, 0.5) is 0 Å². The van der Waals surface area contributed by atoms with Crippen molar-refractivity contribution in [3.63, 3.8) is 0 Å². The standard InChI is InChI=1S/C26H29NO5S2/c1-26(2)17-12-16(10-11-28)24(22(26)13-17)27-25(29)21-15-33-23-9-8-18(14-20(21)23)32-34(30,31)19-6-4-3-5-7-19/h3-9,14-17,22,24,28H,10-13H2,1-2H3,(H,27,29). The van der Waals surface area contributed by atoms with Crippen LogP contribution in [0.15, 0.2) is 58.8 Å². The molecule has 1 aromatic heterocycles. The first-order valence-electron chi connectivity index (χ1n) is 11.6. The molecule has 8 heteroatoms. The molecule has 3 saturated carbocycles. The van der Waals surface area contributed by atoms with Gasteiger partial charge in [-0.2, -0.15) is 8.42 Å². The smallest absolute Gasteiger partial charge is 0.339 e. The third-order valence-electron chi connectivity index (χ3n) is 7.90. The second kappa shape index (κ2) is 8.66. The first-order chi connectivity index (χ1) is 16.2. The summed E-state index contributed by atoms with van der Waals surface area (Å²) in [5, 5.41) is 15.3. The monoisotopic (exact) mass is 499 g/mol. The Morgan fingerprint density at radius 1 is 1.18 bits per heavy atom. The SMILES string of the molecule is CC1(C)C2CC(CCO)C(NC(=O)c3csc4ccc(OS(=O)(=O)c5ccccc5)cc34)C1C2. The number of benzene rings is 2. The number of amides is 1. The average molecular weight is 500 g/mol. The molecule has 4 unspecified atom stereocenters. The van der Waals surface area contributed by atoms with E-state index in [9.17, 15) is 18.3 Å². The number of rotatable bonds is 7. The van der Waals surface area contributed by atoms with Gasteiger partial charge < -0.3 is 14.6 Å². The minimum absolute atomic E-state index is 0.0208. The highest BCUT2D eigenvalue weighted by Crippen LogP contribution is 2.61. The van der Waals surface area contributed by atoms with Crippen LogP contribution in [-0.2, 0) is 10.1 Å². The van der Waals surface area contributed by atoms with Gasteiger partial charge in [-0.25, -0.2) is 0 Å². The van der Waals surface area contributed by atoms with Gasteiger partial charge in [-0.3, -0.25) is 4.79 Å². The van der Waals surface area contributed by atoms with Gasteiger partial charge in [0.15, 0.2) is 0 Å². The van der Waals surface area contributed by atoms with E-state index < -0.39 is 10.1 Å². The fourth-order valence-corrected chi connectivity index (χ4v) is 7.68. The molecule has 1 heterocycles. The van der Waals surface area contributed by atoms with Crippen molar-refractivity contribution in [2.45, 2.75) is 44.0 Å². The van der Waals surface area contributed by atoms with Crippen LogP contribution in [0.2, 0.25) is 0 Å². The molecule has 3 aliphatic rings. The molecule has 1 amide bonds. The summed E-state index contributed by atoms with van der Waals surface area (Å²) in [6.07, 6.45) is 2.82. The summed E-state index contributed by atoms with van der Waals surface area (Å²) in [5.74, 6) is 1.32. The Kier molecular flexibility index (Phi) is 5.94. The van der Waals surface area contributed by atoms with Crippen LogP contribution in [-0.4, -0.2) is 32.1 Å². The predicted molar refractivity (Wildman–Crippen MR) is 133 cm³/mol. The van der Waals surface area contributed by atoms with E-state index in [0.29, 0.717) is 29.2 Å². The molecule has 34 heavy (non-hydrogen) atoms. The zero-order chi connectivity index (χ0) is 24.1. The third kappa shape index (κ3) is 4.01. The number of thiophene rings is 1. The molecule has 180 valence electrons. The van der Waals surface area contributed by atoms with Crippen molar-refractivity contribution in [2.75, 3.05) is 6.61 Å². The summed E-state index contributed by atoms with van der Waals surface area (Å²) in [5.41, 5.74) is 0.706. The summed E-state index contributed by atoms with van der Waals surface area (Å²) in [4.78, 5) is 13.5. The van der Waals surface area contributed by atoms with Crippen LogP contribution < -0.4 is 9.50 Å². The highest BCUT2D eigenvalue weighted by Gasteiger charge is 2.57. The lowest BCUT2D eigenvalue weighted by molar-refractivity contribution is -0.114. The fourth-order valence-electron chi connectivity index (χ4n) is 5.81. The number of hydrogen-bond acceptors (Lipinski definition) is 6. The quantitative estimate of drug-likeness (QED) is 0.454. The summed E-state index contributed by atoms with van der Waals surface area (Å²) in [6, 6.07) is 13.0. The van der Waals surface area contributed by atoms with Crippen LogP contribution in [0.1, 0.15) is 43.5 Å². The highest BCUT2D eigenvalue weighted by molar-refractivity contribution is 7.87. The zero-order valence-corrected chi connectivity index (χ0v) is 20.9. The van der Waals surface area contributed by atoms with Crippen molar-refractivity contribution in [2.24, 2.45) is 23.2 Å². The van der Waals surface area contributed by atoms with Crippen LogP contribution in [0.25, 0.3) is 10.1 Å². The van der Waals surface area contributed by atoms with Crippen molar-refractivity contribution < 1.29 is 22.5 Å². The maximum atomic E-state index is 13.4. The second-order valence-corrected chi connectivity index (χ2v) is 12.5. The Balaban J connectivity index is 1.40. The first kappa shape index (κ1) is 23.3. The minimum atomic E-state index is -3.97. The molecule has 3 aliphatic carbocycles. The molecule has 0 saturated heterocycles. The molecule has 6 rings (SSSR count). The van der Waals surface area contributed by atoms with Crippen LogP contribution in [0.3, 0.4) is 0 Å². The minimum Gasteiger partial charge on any atom is -0.396 e. The molecule has 0 aliphatic heterocycles. The molecule has 2 N–H and O–H groups in total. The number of fused-ring (bicyclic) bond motifs is 3. The van der Waals surface area contributed by atoms with Crippen LogP contribution in [0.5, 0.6) is 5.75 Å². The van der Waals surface area contributed by atoms with Crippen molar-refractivity contribution in [3.05, 3.63) is 59.5 Å². The van der Waals surface area contributed by atoms with Gasteiger partial charge in [0.25, 0.3) is 5.91 Å². The lowest BCUT2D eigenvalue weighted by Crippen LogP contribution is -2.63. The molecular formula is C26H29NO5S2. The molecular weight excluding hydrogens is 470 g/mol. The van der Waals surface area contributed by atoms with E-state index in [1.54, 1.807) is 36.4 Å². The van der Waals surface area contributed by atoms with Crippen LogP contribution >= 0.6 is 11.3 Å². The van der Waals surface area contributed by atoms with Gasteiger partial charge in [0.2, 0.25) is 0 Å². The Morgan fingerprint density at radius 2 is 1.94 bits per heavy atom. The number of carbonyl (C=O) groups excluding carboxylic acids is 1. The maximum Gasteiger partial charge on any atom is 0.339 e. The molecule has 4 atom stereocenters. The first-order valence-corrected chi connectivity index (χ1v) is 13.9. The van der Waals surface area contributed by atoms with E-state index in [0.717, 1.165) is 17.5 Å². The van der Waals surface area contributed by atoms with Gasteiger partial charge in [-0.1, -0.05) is 32.0 Å². The van der Waals surface area contributed by atoms with Gasteiger partial charge >= 0.3 is 10.1 Å². The fraction of sp³-hybridized carbons (Fsp3) is 0.423. The summed E-state index contributed by atoms with van der Waals surface area (Å²) in [6.45, 7) is 4.67. The second-order valence-electron chi connectivity index (χ2n) is 10.0. The number of carbonyl (C=O) groups is 1. The van der Waals surface area contributed by atoms with E-state index >= 15 is 0 Å². The van der Waals surface area contributed by atoms with Gasteiger partial charge in [-0.05, 0) is 72.8 Å². The highest BCUT2D eigenvalue weighted by atomic mass is 32.2. The van der Waals surface area contributed by atoms with Gasteiger partial charge in [0.1, 0.15) is 10.6 Å². The molecule has 0 spiro atoms. The summed E-state index contributed by atoms with van der Waals surface area (Å²) < 4.78 is 31.5. The van der Waals surface area contributed by atoms with Crippen molar-refractivity contribution >= 4 is 37.4 Å². The third-order valence-corrected chi connectivity index (χ3v) is 10.1. The van der Waals surface area contributed by atoms with E-state index in [-0.39, 0.29) is 40.5 Å². The molecule has 3 fully saturated rings. The van der Waals surface area contributed by atoms with Crippen molar-refractivity contribution in [3.8, 4) is 5.75 Å². The topological polar surface area (TPSA) is 92.7 Å². The predicted octanol–water partition coefficient (Wildman–Crippen LogP) is 4.83.